The molecule has 0 spiro atoms. The van der Waals surface area contributed by atoms with Crippen LogP contribution >= 0.6 is 0 Å². The molecule has 0 aliphatic carbocycles. The molecule has 1 rings (SSSR count). The Labute approximate surface area is 93.2 Å². The fraction of sp³-hybridized carbons (Fsp3) is 0.286. The first-order valence-electron chi connectivity index (χ1n) is 4.00. The zero-order valence-corrected chi connectivity index (χ0v) is 8.02. The number of nitro groups is 1. The van der Waals surface area contributed by atoms with Crippen molar-refractivity contribution in [1.82, 2.24) is 4.98 Å². The van der Waals surface area contributed by atoms with Crippen LogP contribution in [-0.4, -0.2) is 9.91 Å². The Morgan fingerprint density at radius 2 is 1.61 bits per heavy atom. The minimum atomic E-state index is -5.48. The van der Waals surface area contributed by atoms with Crippen molar-refractivity contribution in [2.75, 3.05) is 0 Å². The van der Waals surface area contributed by atoms with Crippen LogP contribution in [0.15, 0.2) is 10.9 Å². The van der Waals surface area contributed by atoms with E-state index in [4.69, 9.17) is 0 Å². The molecule has 11 heteroatoms. The largest absolute Gasteiger partial charge is 0.438 e. The highest BCUT2D eigenvalue weighted by molar-refractivity contribution is 5.38. The summed E-state index contributed by atoms with van der Waals surface area (Å²) in [5.41, 5.74) is -8.30. The summed E-state index contributed by atoms with van der Waals surface area (Å²) in [4.78, 5) is 20.3. The second kappa shape index (κ2) is 3.99. The van der Waals surface area contributed by atoms with E-state index in [1.807, 2.05) is 0 Å². The Morgan fingerprint density at radius 1 is 1.11 bits per heavy atom. The number of nitrogens with one attached hydrogen (secondary N) is 1. The third kappa shape index (κ3) is 2.60. The SMILES string of the molecule is O=c1cc(C(F)(F)F)[nH]c(C(F)(F)F)c1[N+](=O)[O-]. The zero-order valence-electron chi connectivity index (χ0n) is 8.02. The minimum Gasteiger partial charge on any atom is -0.342 e. The highest BCUT2D eigenvalue weighted by atomic mass is 19.4. The van der Waals surface area contributed by atoms with Gasteiger partial charge in [0.25, 0.3) is 5.43 Å². The molecule has 5 nitrogen and oxygen atoms in total. The molecule has 0 aromatic carbocycles. The predicted octanol–water partition coefficient (Wildman–Crippen LogP) is 2.32. The van der Waals surface area contributed by atoms with Crippen LogP contribution in [0.1, 0.15) is 11.4 Å². The molecule has 1 N–H and O–H groups in total. The molecule has 100 valence electrons. The van der Waals surface area contributed by atoms with Crippen molar-refractivity contribution in [1.29, 1.82) is 0 Å². The highest BCUT2D eigenvalue weighted by Gasteiger charge is 2.44. The van der Waals surface area contributed by atoms with Crippen LogP contribution in [0.4, 0.5) is 32.0 Å². The molecule has 0 fully saturated rings. The quantitative estimate of drug-likeness (QED) is 0.486. The first-order chi connectivity index (χ1) is 7.94. The third-order valence-electron chi connectivity index (χ3n) is 1.78. The first-order valence-corrected chi connectivity index (χ1v) is 4.00. The summed E-state index contributed by atoms with van der Waals surface area (Å²) in [6, 6.07) is -0.298. The topological polar surface area (TPSA) is 76.0 Å². The Kier molecular flexibility index (Phi) is 3.11. The summed E-state index contributed by atoms with van der Waals surface area (Å²) in [5.74, 6) is 0. The number of rotatable bonds is 1. The van der Waals surface area contributed by atoms with E-state index in [0.717, 1.165) is 4.98 Å². The van der Waals surface area contributed by atoms with Crippen LogP contribution in [0.3, 0.4) is 0 Å². The van der Waals surface area contributed by atoms with E-state index in [2.05, 4.69) is 0 Å². The van der Waals surface area contributed by atoms with Crippen LogP contribution in [0.25, 0.3) is 0 Å². The van der Waals surface area contributed by atoms with E-state index in [9.17, 15) is 41.3 Å². The van der Waals surface area contributed by atoms with Gasteiger partial charge in [-0.1, -0.05) is 0 Å². The number of hydrogen-bond donors (Lipinski definition) is 1. The van der Waals surface area contributed by atoms with Crippen LogP contribution in [0.2, 0.25) is 0 Å². The molecular weight excluding hydrogens is 274 g/mol. The molecule has 0 bridgehead atoms. The Morgan fingerprint density at radius 3 is 1.94 bits per heavy atom. The van der Waals surface area contributed by atoms with Crippen molar-refractivity contribution in [3.63, 3.8) is 0 Å². The van der Waals surface area contributed by atoms with Gasteiger partial charge in [0.1, 0.15) is 5.69 Å². The number of aromatic amines is 1. The van der Waals surface area contributed by atoms with E-state index in [1.54, 1.807) is 0 Å². The van der Waals surface area contributed by atoms with Gasteiger partial charge in [-0.15, -0.1) is 0 Å². The number of H-pyrrole nitrogens is 1. The molecule has 0 amide bonds. The number of nitrogens with zero attached hydrogens (tertiary/aromatic N) is 1. The lowest BCUT2D eigenvalue weighted by Gasteiger charge is -2.11. The van der Waals surface area contributed by atoms with E-state index >= 15 is 0 Å². The Bertz CT molecular complexity index is 544. The maximum Gasteiger partial charge on any atom is 0.438 e. The second-order valence-electron chi connectivity index (χ2n) is 3.02. The summed E-state index contributed by atoms with van der Waals surface area (Å²) < 4.78 is 73.4. The lowest BCUT2D eigenvalue weighted by molar-refractivity contribution is -0.389. The molecule has 1 aromatic rings. The molecule has 0 aliphatic heterocycles. The van der Waals surface area contributed by atoms with E-state index < -0.39 is 39.8 Å². The van der Waals surface area contributed by atoms with E-state index in [1.165, 1.54) is 0 Å². The maximum absolute atomic E-state index is 12.3. The second-order valence-corrected chi connectivity index (χ2v) is 3.02. The summed E-state index contributed by atoms with van der Waals surface area (Å²) in [7, 11) is 0. The van der Waals surface area contributed by atoms with Gasteiger partial charge in [-0.25, -0.2) is 0 Å². The summed E-state index contributed by atoms with van der Waals surface area (Å²) in [6.07, 6.45) is -10.7. The van der Waals surface area contributed by atoms with Gasteiger partial charge in [-0.05, 0) is 0 Å². The summed E-state index contributed by atoms with van der Waals surface area (Å²) in [5, 5.41) is 10.3. The molecule has 0 atom stereocenters. The predicted molar refractivity (Wildman–Crippen MR) is 43.7 cm³/mol. The van der Waals surface area contributed by atoms with Gasteiger partial charge in [-0.3, -0.25) is 14.9 Å². The fourth-order valence-electron chi connectivity index (χ4n) is 1.09. The molecule has 0 saturated carbocycles. The Balaban J connectivity index is 3.69. The average molecular weight is 276 g/mol. The van der Waals surface area contributed by atoms with Crippen molar-refractivity contribution in [2.24, 2.45) is 0 Å². The number of alkyl halides is 6. The monoisotopic (exact) mass is 276 g/mol. The van der Waals surface area contributed by atoms with E-state index in [-0.39, 0.29) is 6.07 Å². The molecule has 0 unspecified atom stereocenters. The van der Waals surface area contributed by atoms with Crippen LogP contribution < -0.4 is 5.43 Å². The first kappa shape index (κ1) is 14.0. The number of aromatic nitrogens is 1. The normalized spacial score (nSPS) is 12.6. The van der Waals surface area contributed by atoms with Gasteiger partial charge < -0.3 is 4.98 Å². The maximum atomic E-state index is 12.3. The number of hydrogen-bond acceptors (Lipinski definition) is 3. The van der Waals surface area contributed by atoms with Crippen LogP contribution in [0, 0.1) is 10.1 Å². The minimum absolute atomic E-state index is 0.298. The van der Waals surface area contributed by atoms with Crippen LogP contribution in [-0.2, 0) is 12.4 Å². The summed E-state index contributed by atoms with van der Waals surface area (Å²) >= 11 is 0. The fourth-order valence-corrected chi connectivity index (χ4v) is 1.09. The van der Waals surface area contributed by atoms with Crippen molar-refractivity contribution in [2.45, 2.75) is 12.4 Å². The van der Waals surface area contributed by atoms with Gasteiger partial charge in [0.05, 0.1) is 4.92 Å². The number of pyridine rings is 1. The van der Waals surface area contributed by atoms with Crippen molar-refractivity contribution >= 4 is 5.69 Å². The van der Waals surface area contributed by atoms with Gasteiger partial charge in [0.15, 0.2) is 0 Å². The molecule has 1 heterocycles. The van der Waals surface area contributed by atoms with Crippen molar-refractivity contribution in [3.05, 3.63) is 37.8 Å². The third-order valence-corrected chi connectivity index (χ3v) is 1.78. The van der Waals surface area contributed by atoms with Crippen molar-refractivity contribution < 1.29 is 31.3 Å². The van der Waals surface area contributed by atoms with E-state index in [0.29, 0.717) is 0 Å². The summed E-state index contributed by atoms with van der Waals surface area (Å²) in [6.45, 7) is 0. The average Bonchev–Trinajstić information content (AvgIpc) is 2.12. The van der Waals surface area contributed by atoms with Crippen LogP contribution in [0.5, 0.6) is 0 Å². The van der Waals surface area contributed by atoms with Gasteiger partial charge >= 0.3 is 18.0 Å². The van der Waals surface area contributed by atoms with Crippen molar-refractivity contribution in [3.8, 4) is 0 Å². The molecule has 18 heavy (non-hydrogen) atoms. The lowest BCUT2D eigenvalue weighted by Crippen LogP contribution is -2.23. The molecule has 1 aromatic heterocycles. The Hall–Kier alpha value is -2.07. The molecule has 0 radical (unpaired) electrons. The molecule has 0 aliphatic rings. The smallest absolute Gasteiger partial charge is 0.342 e. The lowest BCUT2D eigenvalue weighted by atomic mass is 10.2. The van der Waals surface area contributed by atoms with Gasteiger partial charge in [0.2, 0.25) is 5.69 Å². The zero-order chi connectivity index (χ0) is 14.3. The van der Waals surface area contributed by atoms with Gasteiger partial charge in [-0.2, -0.15) is 26.3 Å². The van der Waals surface area contributed by atoms with Gasteiger partial charge in [0, 0.05) is 6.07 Å². The standard InChI is InChI=1S/C7H2F6N2O3/c8-6(9,10)3-1-2(16)4(15(17)18)5(14-3)7(11,12)13/h1H,(H,14,16). The number of halogens is 6. The molecule has 0 saturated heterocycles. The molecular formula is C7H2F6N2O3. The highest BCUT2D eigenvalue weighted by Crippen LogP contribution is 2.35.